The fraction of sp³-hybridized carbons (Fsp3) is 0.897. The molecule has 0 saturated heterocycles. The van der Waals surface area contributed by atoms with E-state index < -0.39 is 26.5 Å². The number of quaternary nitrogens is 1. The second-order valence-electron chi connectivity index (χ2n) is 14.7. The van der Waals surface area contributed by atoms with Crippen LogP contribution in [0.2, 0.25) is 0 Å². The van der Waals surface area contributed by atoms with Crippen LogP contribution in [0.5, 0.6) is 0 Å². The number of rotatable bonds is 36. The van der Waals surface area contributed by atoms with Gasteiger partial charge in [-0.1, -0.05) is 135 Å². The lowest BCUT2D eigenvalue weighted by atomic mass is 10.1. The maximum atomic E-state index is 12.6. The quantitative estimate of drug-likeness (QED) is 0.0224. The highest BCUT2D eigenvalue weighted by atomic mass is 31.2. The standard InChI is InChI=1S/C39H76NO8P/c1-6-8-10-12-14-16-18-19-20-21-22-24-25-27-29-31-38(41)45-35-37(36-47-49(43,44)46-34-33-40(3,4)5)48-39(42)32-30-28-26-23-17-15-13-11-9-7-2/h19-20,37H,6-18,21-36H2,1-5H3/p+1/b20-19-/t37-/m1/s1. The summed E-state index contributed by atoms with van der Waals surface area (Å²) in [7, 11) is 1.48. The third kappa shape index (κ3) is 36.3. The van der Waals surface area contributed by atoms with Crippen molar-refractivity contribution < 1.29 is 42.1 Å². The maximum Gasteiger partial charge on any atom is 0.472 e. The minimum Gasteiger partial charge on any atom is -0.462 e. The van der Waals surface area contributed by atoms with Crippen molar-refractivity contribution in [3.8, 4) is 0 Å². The molecule has 1 N–H and O–H groups in total. The number of hydrogen-bond acceptors (Lipinski definition) is 7. The predicted molar refractivity (Wildman–Crippen MR) is 201 cm³/mol. The normalized spacial score (nSPS) is 13.8. The van der Waals surface area contributed by atoms with Crippen molar-refractivity contribution in [3.05, 3.63) is 12.2 Å². The molecule has 0 spiro atoms. The number of ether oxygens (including phenoxy) is 2. The van der Waals surface area contributed by atoms with Crippen molar-refractivity contribution in [1.29, 1.82) is 0 Å². The van der Waals surface area contributed by atoms with Gasteiger partial charge in [0.25, 0.3) is 0 Å². The second kappa shape index (κ2) is 32.6. The number of phosphoric acid groups is 1. The molecule has 49 heavy (non-hydrogen) atoms. The molecule has 0 bridgehead atoms. The molecule has 0 aliphatic carbocycles. The summed E-state index contributed by atoms with van der Waals surface area (Å²) in [6.45, 7) is 4.39. The molecule has 0 amide bonds. The van der Waals surface area contributed by atoms with Crippen molar-refractivity contribution in [1.82, 2.24) is 0 Å². The van der Waals surface area contributed by atoms with E-state index in [-0.39, 0.29) is 32.0 Å². The van der Waals surface area contributed by atoms with Crippen LogP contribution in [0.1, 0.15) is 174 Å². The van der Waals surface area contributed by atoms with Gasteiger partial charge in [-0.25, -0.2) is 4.57 Å². The van der Waals surface area contributed by atoms with Crippen molar-refractivity contribution in [3.63, 3.8) is 0 Å². The average Bonchev–Trinajstić information content (AvgIpc) is 3.04. The van der Waals surface area contributed by atoms with E-state index in [1.54, 1.807) is 0 Å². The van der Waals surface area contributed by atoms with Gasteiger partial charge in [0.15, 0.2) is 6.10 Å². The molecule has 0 radical (unpaired) electrons. The first-order chi connectivity index (χ1) is 23.5. The minimum atomic E-state index is -4.36. The fourth-order valence-electron chi connectivity index (χ4n) is 5.36. The van der Waals surface area contributed by atoms with Crippen molar-refractivity contribution in [2.24, 2.45) is 0 Å². The van der Waals surface area contributed by atoms with Gasteiger partial charge >= 0.3 is 19.8 Å². The summed E-state index contributed by atoms with van der Waals surface area (Å²) in [5.74, 6) is -0.806. The Hall–Kier alpha value is -1.25. The Kier molecular flexibility index (Phi) is 31.8. The van der Waals surface area contributed by atoms with Crippen LogP contribution in [-0.2, 0) is 32.7 Å². The summed E-state index contributed by atoms with van der Waals surface area (Å²) in [4.78, 5) is 35.1. The third-order valence-corrected chi connectivity index (χ3v) is 9.53. The van der Waals surface area contributed by atoms with Gasteiger partial charge in [-0.05, 0) is 38.5 Å². The highest BCUT2D eigenvalue weighted by Crippen LogP contribution is 2.43. The average molecular weight is 719 g/mol. The molecule has 0 heterocycles. The first-order valence-corrected chi connectivity index (χ1v) is 21.4. The lowest BCUT2D eigenvalue weighted by Gasteiger charge is -2.24. The van der Waals surface area contributed by atoms with Gasteiger partial charge in [-0.2, -0.15) is 0 Å². The Morgan fingerprint density at radius 3 is 1.51 bits per heavy atom. The number of hydrogen-bond donors (Lipinski definition) is 1. The molecule has 0 aliphatic rings. The Morgan fingerprint density at radius 2 is 1.04 bits per heavy atom. The van der Waals surface area contributed by atoms with Crippen molar-refractivity contribution in [2.75, 3.05) is 47.5 Å². The van der Waals surface area contributed by atoms with Gasteiger partial charge in [0.1, 0.15) is 19.8 Å². The van der Waals surface area contributed by atoms with Crippen LogP contribution in [0.3, 0.4) is 0 Å². The van der Waals surface area contributed by atoms with E-state index in [1.165, 1.54) is 89.9 Å². The zero-order valence-corrected chi connectivity index (χ0v) is 33.3. The molecule has 0 aromatic heterocycles. The number of unbranched alkanes of at least 4 members (excludes halogenated alkanes) is 20. The molecule has 9 nitrogen and oxygen atoms in total. The van der Waals surface area contributed by atoms with Crippen molar-refractivity contribution >= 4 is 19.8 Å². The number of phosphoric ester groups is 1. The Balaban J connectivity index is 4.39. The van der Waals surface area contributed by atoms with Gasteiger partial charge in [-0.15, -0.1) is 0 Å². The topological polar surface area (TPSA) is 108 Å². The maximum absolute atomic E-state index is 12.6. The number of nitrogens with zero attached hydrogens (tertiary/aromatic N) is 1. The van der Waals surface area contributed by atoms with E-state index in [4.69, 9.17) is 18.5 Å². The number of esters is 2. The number of carbonyl (C=O) groups is 2. The highest BCUT2D eigenvalue weighted by molar-refractivity contribution is 7.47. The molecular formula is C39H77NO8P+. The Labute approximate surface area is 301 Å². The zero-order valence-electron chi connectivity index (χ0n) is 32.4. The lowest BCUT2D eigenvalue weighted by molar-refractivity contribution is -0.870. The van der Waals surface area contributed by atoms with E-state index in [2.05, 4.69) is 26.0 Å². The van der Waals surface area contributed by atoms with Gasteiger partial charge < -0.3 is 18.9 Å². The zero-order chi connectivity index (χ0) is 36.5. The second-order valence-corrected chi connectivity index (χ2v) is 16.1. The predicted octanol–water partition coefficient (Wildman–Crippen LogP) is 10.6. The third-order valence-electron chi connectivity index (χ3n) is 8.55. The molecule has 0 fully saturated rings. The highest BCUT2D eigenvalue weighted by Gasteiger charge is 2.27. The molecule has 0 saturated carbocycles. The Bertz CT molecular complexity index is 860. The fourth-order valence-corrected chi connectivity index (χ4v) is 6.10. The molecule has 0 aliphatic heterocycles. The summed E-state index contributed by atoms with van der Waals surface area (Å²) in [6.07, 6.45) is 31.1. The first-order valence-electron chi connectivity index (χ1n) is 19.9. The number of likely N-dealkylation sites (N-methyl/N-ethyl adjacent to an activating group) is 1. The van der Waals surface area contributed by atoms with E-state index in [0.717, 1.165) is 51.4 Å². The van der Waals surface area contributed by atoms with Gasteiger partial charge in [-0.3, -0.25) is 18.6 Å². The molecule has 0 rings (SSSR count). The molecule has 1 unspecified atom stereocenters. The molecule has 0 aromatic carbocycles. The van der Waals surface area contributed by atoms with Crippen LogP contribution in [0, 0.1) is 0 Å². The van der Waals surface area contributed by atoms with E-state index in [1.807, 2.05) is 21.1 Å². The summed E-state index contributed by atoms with van der Waals surface area (Å²) in [6, 6.07) is 0. The summed E-state index contributed by atoms with van der Waals surface area (Å²) < 4.78 is 34.1. The monoisotopic (exact) mass is 719 g/mol. The summed E-state index contributed by atoms with van der Waals surface area (Å²) >= 11 is 0. The Morgan fingerprint density at radius 1 is 0.612 bits per heavy atom. The van der Waals surface area contributed by atoms with Crippen molar-refractivity contribution in [2.45, 2.75) is 180 Å². The lowest BCUT2D eigenvalue weighted by Crippen LogP contribution is -2.37. The molecule has 2 atom stereocenters. The number of carbonyl (C=O) groups excluding carboxylic acids is 2. The van der Waals surface area contributed by atoms with Crippen LogP contribution in [-0.4, -0.2) is 74.9 Å². The number of allylic oxidation sites excluding steroid dienone is 2. The van der Waals surface area contributed by atoms with Crippen LogP contribution < -0.4 is 0 Å². The van der Waals surface area contributed by atoms with Crippen LogP contribution in [0.4, 0.5) is 0 Å². The summed E-state index contributed by atoms with van der Waals surface area (Å²) in [5.41, 5.74) is 0. The van der Waals surface area contributed by atoms with E-state index in [9.17, 15) is 19.0 Å². The van der Waals surface area contributed by atoms with Gasteiger partial charge in [0, 0.05) is 12.8 Å². The van der Waals surface area contributed by atoms with Crippen LogP contribution >= 0.6 is 7.82 Å². The molecular weight excluding hydrogens is 641 g/mol. The minimum absolute atomic E-state index is 0.0331. The summed E-state index contributed by atoms with van der Waals surface area (Å²) in [5, 5.41) is 0. The van der Waals surface area contributed by atoms with Gasteiger partial charge in [0.05, 0.1) is 27.7 Å². The largest absolute Gasteiger partial charge is 0.472 e. The van der Waals surface area contributed by atoms with E-state index >= 15 is 0 Å². The molecule has 0 aromatic rings. The first kappa shape index (κ1) is 47.8. The van der Waals surface area contributed by atoms with E-state index in [0.29, 0.717) is 17.4 Å². The smallest absolute Gasteiger partial charge is 0.462 e. The SMILES string of the molecule is CCCCCCCC/C=C\CCCCCCCC(=O)OC[C@H](COP(=O)(O)OCC[N+](C)(C)C)OC(=O)CCCCCCCCCCCC. The van der Waals surface area contributed by atoms with Gasteiger partial charge in [0.2, 0.25) is 0 Å². The molecule has 10 heteroatoms. The van der Waals surface area contributed by atoms with Crippen LogP contribution in [0.25, 0.3) is 0 Å². The van der Waals surface area contributed by atoms with Crippen LogP contribution in [0.15, 0.2) is 12.2 Å². The molecule has 290 valence electrons.